The molecule has 0 amide bonds. The molecule has 0 aliphatic rings. The minimum absolute atomic E-state index is 0.0727. The highest BCUT2D eigenvalue weighted by atomic mass is 16.6. The number of carbonyl (C=O) groups is 3. The quantitative estimate of drug-likeness (QED) is 0.0261. The van der Waals surface area contributed by atoms with Gasteiger partial charge < -0.3 is 14.2 Å². The zero-order chi connectivity index (χ0) is 58.5. The average molecular weight is 1130 g/mol. The van der Waals surface area contributed by atoms with Crippen molar-refractivity contribution in [3.8, 4) is 0 Å². The van der Waals surface area contributed by atoms with Gasteiger partial charge in [0.25, 0.3) is 0 Å². The van der Waals surface area contributed by atoms with Gasteiger partial charge in [0.15, 0.2) is 6.10 Å². The van der Waals surface area contributed by atoms with Crippen LogP contribution in [0, 0.1) is 0 Å². The van der Waals surface area contributed by atoms with Crippen molar-refractivity contribution in [3.63, 3.8) is 0 Å². The third-order valence-corrected chi connectivity index (χ3v) is 15.7. The molecule has 0 aliphatic carbocycles. The SMILES string of the molecule is CC/C=C\C/C=C\C/C=C\C/C=C\C/C=C\CCCCCCCCCCCC(=O)OCC(COC(=O)CCCCCCCCCCCCCCC)OC(=O)CCCCCCCCCCCCCCC/C=C\CCCCCCCCCC. The third kappa shape index (κ3) is 67.5. The van der Waals surface area contributed by atoms with Crippen molar-refractivity contribution in [2.24, 2.45) is 0 Å². The smallest absolute Gasteiger partial charge is 0.306 e. The van der Waals surface area contributed by atoms with E-state index in [0.29, 0.717) is 19.3 Å². The Bertz CT molecular complexity index is 1490. The van der Waals surface area contributed by atoms with Crippen molar-refractivity contribution >= 4 is 17.9 Å². The summed E-state index contributed by atoms with van der Waals surface area (Å²) in [4.78, 5) is 38.4. The van der Waals surface area contributed by atoms with Crippen LogP contribution in [0.2, 0.25) is 0 Å². The van der Waals surface area contributed by atoms with Crippen molar-refractivity contribution < 1.29 is 28.6 Å². The average Bonchev–Trinajstić information content (AvgIpc) is 3.46. The van der Waals surface area contributed by atoms with Crippen molar-refractivity contribution in [3.05, 3.63) is 72.9 Å². The van der Waals surface area contributed by atoms with Gasteiger partial charge in [0, 0.05) is 19.3 Å². The molecule has 0 aliphatic heterocycles. The van der Waals surface area contributed by atoms with E-state index in [1.54, 1.807) is 0 Å². The molecule has 0 fully saturated rings. The summed E-state index contributed by atoms with van der Waals surface area (Å²) in [6, 6.07) is 0. The van der Waals surface area contributed by atoms with Gasteiger partial charge in [-0.1, -0.05) is 331 Å². The van der Waals surface area contributed by atoms with Crippen molar-refractivity contribution in [1.29, 1.82) is 0 Å². The second kappa shape index (κ2) is 69.3. The van der Waals surface area contributed by atoms with Gasteiger partial charge in [-0.2, -0.15) is 0 Å². The van der Waals surface area contributed by atoms with Crippen LogP contribution >= 0.6 is 0 Å². The lowest BCUT2D eigenvalue weighted by molar-refractivity contribution is -0.167. The number of hydrogen-bond donors (Lipinski definition) is 0. The first-order chi connectivity index (χ1) is 40.0. The van der Waals surface area contributed by atoms with E-state index >= 15 is 0 Å². The van der Waals surface area contributed by atoms with Gasteiger partial charge >= 0.3 is 17.9 Å². The molecule has 1 atom stereocenters. The van der Waals surface area contributed by atoms with Gasteiger partial charge in [-0.25, -0.2) is 0 Å². The molecule has 0 aromatic heterocycles. The second-order valence-corrected chi connectivity index (χ2v) is 23.8. The third-order valence-electron chi connectivity index (χ3n) is 15.7. The van der Waals surface area contributed by atoms with E-state index in [1.807, 2.05) is 0 Å². The molecule has 81 heavy (non-hydrogen) atoms. The van der Waals surface area contributed by atoms with Crippen LogP contribution in [0.4, 0.5) is 0 Å². The Hall–Kier alpha value is -3.15. The summed E-state index contributed by atoms with van der Waals surface area (Å²) in [5.74, 6) is -0.857. The first-order valence-electron chi connectivity index (χ1n) is 35.4. The van der Waals surface area contributed by atoms with Gasteiger partial charge in [0.1, 0.15) is 13.2 Å². The molecule has 1 unspecified atom stereocenters. The molecular formula is C75H134O6. The molecule has 0 saturated carbocycles. The van der Waals surface area contributed by atoms with Gasteiger partial charge in [-0.05, 0) is 89.9 Å². The van der Waals surface area contributed by atoms with E-state index in [2.05, 4.69) is 93.7 Å². The van der Waals surface area contributed by atoms with Gasteiger partial charge in [0.05, 0.1) is 0 Å². The summed E-state index contributed by atoms with van der Waals surface area (Å²) in [5, 5.41) is 0. The first kappa shape index (κ1) is 77.9. The summed E-state index contributed by atoms with van der Waals surface area (Å²) in [7, 11) is 0. The molecule has 6 heteroatoms. The van der Waals surface area contributed by atoms with Crippen LogP contribution in [0.5, 0.6) is 0 Å². The Morgan fingerprint density at radius 3 is 0.765 bits per heavy atom. The predicted molar refractivity (Wildman–Crippen MR) is 353 cm³/mol. The molecular weight excluding hydrogens is 997 g/mol. The predicted octanol–water partition coefficient (Wildman–Crippen LogP) is 24.4. The Labute approximate surface area is 503 Å². The van der Waals surface area contributed by atoms with E-state index in [4.69, 9.17) is 14.2 Å². The maximum Gasteiger partial charge on any atom is 0.306 e. The van der Waals surface area contributed by atoms with Crippen molar-refractivity contribution in [2.75, 3.05) is 13.2 Å². The maximum atomic E-state index is 13.0. The van der Waals surface area contributed by atoms with E-state index in [0.717, 1.165) is 96.3 Å². The van der Waals surface area contributed by atoms with Gasteiger partial charge in [-0.3, -0.25) is 14.4 Å². The molecule has 0 aromatic rings. The van der Waals surface area contributed by atoms with Crippen LogP contribution in [-0.2, 0) is 28.6 Å². The lowest BCUT2D eigenvalue weighted by Crippen LogP contribution is -2.30. The molecule has 0 saturated heterocycles. The number of rotatable bonds is 65. The molecule has 0 spiro atoms. The molecule has 470 valence electrons. The highest BCUT2D eigenvalue weighted by Crippen LogP contribution is 2.18. The first-order valence-corrected chi connectivity index (χ1v) is 35.4. The van der Waals surface area contributed by atoms with Crippen LogP contribution in [0.1, 0.15) is 367 Å². The summed E-state index contributed by atoms with van der Waals surface area (Å²) in [5.41, 5.74) is 0. The molecule has 0 rings (SSSR count). The lowest BCUT2D eigenvalue weighted by Gasteiger charge is -2.18. The van der Waals surface area contributed by atoms with Crippen LogP contribution in [0.15, 0.2) is 72.9 Å². The van der Waals surface area contributed by atoms with E-state index in [9.17, 15) is 14.4 Å². The van der Waals surface area contributed by atoms with Crippen LogP contribution < -0.4 is 0 Å². The number of allylic oxidation sites excluding steroid dienone is 12. The van der Waals surface area contributed by atoms with Crippen LogP contribution in [0.3, 0.4) is 0 Å². The van der Waals surface area contributed by atoms with Gasteiger partial charge in [-0.15, -0.1) is 0 Å². The van der Waals surface area contributed by atoms with Crippen molar-refractivity contribution in [2.45, 2.75) is 374 Å². The number of esters is 3. The van der Waals surface area contributed by atoms with Crippen LogP contribution in [-0.4, -0.2) is 37.2 Å². The fourth-order valence-electron chi connectivity index (χ4n) is 10.4. The zero-order valence-electron chi connectivity index (χ0n) is 54.1. The summed E-state index contributed by atoms with van der Waals surface area (Å²) < 4.78 is 17.0. The number of hydrogen-bond acceptors (Lipinski definition) is 6. The maximum absolute atomic E-state index is 13.0. The topological polar surface area (TPSA) is 78.9 Å². The highest BCUT2D eigenvalue weighted by Gasteiger charge is 2.19. The van der Waals surface area contributed by atoms with Crippen molar-refractivity contribution in [1.82, 2.24) is 0 Å². The lowest BCUT2D eigenvalue weighted by atomic mass is 10.0. The summed E-state index contributed by atoms with van der Waals surface area (Å²) in [6.45, 7) is 6.58. The Morgan fingerprint density at radius 1 is 0.259 bits per heavy atom. The Kier molecular flexibility index (Phi) is 66.6. The number of carbonyl (C=O) groups excluding carboxylic acids is 3. The zero-order valence-corrected chi connectivity index (χ0v) is 54.1. The second-order valence-electron chi connectivity index (χ2n) is 23.8. The molecule has 6 nitrogen and oxygen atoms in total. The Morgan fingerprint density at radius 2 is 0.481 bits per heavy atom. The van der Waals surface area contributed by atoms with E-state index in [-0.39, 0.29) is 31.1 Å². The minimum atomic E-state index is -0.777. The molecule has 0 heterocycles. The number of ether oxygens (including phenoxy) is 3. The summed E-state index contributed by atoms with van der Waals surface area (Å²) >= 11 is 0. The van der Waals surface area contributed by atoms with Gasteiger partial charge in [0.2, 0.25) is 0 Å². The molecule has 0 aromatic carbocycles. The minimum Gasteiger partial charge on any atom is -0.462 e. The highest BCUT2D eigenvalue weighted by molar-refractivity contribution is 5.71. The summed E-state index contributed by atoms with van der Waals surface area (Å²) in [6.07, 6.45) is 90.7. The largest absolute Gasteiger partial charge is 0.462 e. The monoisotopic (exact) mass is 1130 g/mol. The van der Waals surface area contributed by atoms with E-state index < -0.39 is 6.10 Å². The normalized spacial score (nSPS) is 12.5. The molecule has 0 bridgehead atoms. The fourth-order valence-corrected chi connectivity index (χ4v) is 10.4. The fraction of sp³-hybridized carbons (Fsp3) is 0.800. The van der Waals surface area contributed by atoms with Crippen LogP contribution in [0.25, 0.3) is 0 Å². The van der Waals surface area contributed by atoms with E-state index in [1.165, 1.54) is 231 Å². The standard InChI is InChI=1S/C75H134O6/c1-4-7-10-13-16-19-22-25-27-29-31-33-35-37-39-41-43-45-47-50-53-56-59-62-65-68-74(77)80-71-72(70-79-73(76)67-64-61-58-55-52-49-24-21-18-15-12-9-6-3)81-75(78)69-66-63-60-57-54-51-48-46-44-42-40-38-36-34-32-30-28-26-23-20-17-14-11-8-5-2/h7,10,16,19,25,27,30-33,37,39,72H,4-6,8-9,11-15,17-18,20-24,26,28-29,34-36,38,40-71H2,1-3H3/b10-7-,19-16-,27-25-,32-30-,33-31-,39-37-. The Balaban J connectivity index is 4.27. The number of unbranched alkanes of at least 4 members (excludes halogenated alkanes) is 42. The molecule has 0 radical (unpaired) electrons. The molecule has 0 N–H and O–H groups in total.